The van der Waals surface area contributed by atoms with Crippen LogP contribution in [-0.4, -0.2) is 21.8 Å². The Morgan fingerprint density at radius 3 is 1.23 bits per heavy atom. The maximum absolute atomic E-state index is 12.6. The van der Waals surface area contributed by atoms with Gasteiger partial charge in [0.1, 0.15) is 11.5 Å². The summed E-state index contributed by atoms with van der Waals surface area (Å²) in [4.78, 5) is 25.2. The molecule has 0 amide bonds. The smallest absolute Gasteiger partial charge is 0.163 e. The molecule has 6 rings (SSSR count). The first kappa shape index (κ1) is 24.6. The number of carbonyl (C=O) groups excluding carboxylic acids is 2. The van der Waals surface area contributed by atoms with E-state index in [1.165, 1.54) is 27.7 Å². The molecule has 4 aromatic carbocycles. The van der Waals surface area contributed by atoms with E-state index in [-0.39, 0.29) is 23.1 Å². The van der Waals surface area contributed by atoms with Crippen molar-refractivity contribution in [1.29, 1.82) is 0 Å². The lowest BCUT2D eigenvalue weighted by atomic mass is 9.70. The van der Waals surface area contributed by atoms with Crippen LogP contribution in [0, 0.1) is 0 Å². The molecule has 0 bridgehead atoms. The lowest BCUT2D eigenvalue weighted by Crippen LogP contribution is -2.26. The maximum Gasteiger partial charge on any atom is 0.163 e. The third kappa shape index (κ3) is 3.31. The predicted octanol–water partition coefficient (Wildman–Crippen LogP) is 7.79. The standard InChI is InChI=1S/C35H28O4/c1-19(36)33(20(2)37)23-13-15-27-28-16-14-24(34(21(3)38)22(4)39)18-32(28)35(31(27)17-23)29-11-7-5-9-25(29)26-10-6-8-12-30(26)35/h5-18,36,38H,1-4H3. The van der Waals surface area contributed by atoms with E-state index in [0.717, 1.165) is 44.5 Å². The van der Waals surface area contributed by atoms with E-state index in [9.17, 15) is 19.8 Å². The second kappa shape index (κ2) is 8.67. The highest BCUT2D eigenvalue weighted by molar-refractivity contribution is 6.21. The molecule has 192 valence electrons. The zero-order valence-corrected chi connectivity index (χ0v) is 22.3. The summed E-state index contributed by atoms with van der Waals surface area (Å²) in [6.45, 7) is 6.00. The molecule has 0 radical (unpaired) electrons. The van der Waals surface area contributed by atoms with E-state index in [1.807, 2.05) is 60.7 Å². The molecule has 39 heavy (non-hydrogen) atoms. The molecule has 4 aromatic rings. The van der Waals surface area contributed by atoms with Gasteiger partial charge in [0.05, 0.1) is 16.6 Å². The van der Waals surface area contributed by atoms with Crippen molar-refractivity contribution in [3.63, 3.8) is 0 Å². The summed E-state index contributed by atoms with van der Waals surface area (Å²) >= 11 is 0. The van der Waals surface area contributed by atoms with Gasteiger partial charge in [-0.15, -0.1) is 0 Å². The van der Waals surface area contributed by atoms with Gasteiger partial charge in [-0.25, -0.2) is 0 Å². The van der Waals surface area contributed by atoms with Crippen LogP contribution >= 0.6 is 0 Å². The highest BCUT2D eigenvalue weighted by atomic mass is 16.3. The van der Waals surface area contributed by atoms with Crippen LogP contribution in [0.4, 0.5) is 0 Å². The molecule has 0 aliphatic heterocycles. The molecule has 4 nitrogen and oxygen atoms in total. The van der Waals surface area contributed by atoms with Crippen LogP contribution in [-0.2, 0) is 15.0 Å². The SMILES string of the molecule is CC(=O)C(=C(C)O)c1ccc2c(c1)C1(c3ccccc3-c3ccccc31)c1cc(C(C(C)=O)=C(C)O)ccc1-2. The van der Waals surface area contributed by atoms with E-state index in [0.29, 0.717) is 22.3 Å². The van der Waals surface area contributed by atoms with Crippen LogP contribution in [0.25, 0.3) is 33.4 Å². The quantitative estimate of drug-likeness (QED) is 0.187. The number of fused-ring (bicyclic) bond motifs is 10. The average molecular weight is 513 g/mol. The summed E-state index contributed by atoms with van der Waals surface area (Å²) < 4.78 is 0. The zero-order chi connectivity index (χ0) is 27.6. The molecule has 0 heterocycles. The normalized spacial score (nSPS) is 15.1. The first-order valence-electron chi connectivity index (χ1n) is 13.0. The highest BCUT2D eigenvalue weighted by Crippen LogP contribution is 2.63. The molecule has 4 heteroatoms. The minimum Gasteiger partial charge on any atom is -0.512 e. The van der Waals surface area contributed by atoms with Crippen molar-refractivity contribution >= 4 is 22.7 Å². The fraction of sp³-hybridized carbons (Fsp3) is 0.143. The number of aliphatic hydroxyl groups is 2. The van der Waals surface area contributed by atoms with Gasteiger partial charge >= 0.3 is 0 Å². The second-order valence-corrected chi connectivity index (χ2v) is 10.4. The van der Waals surface area contributed by atoms with Gasteiger partial charge in [-0.2, -0.15) is 0 Å². The van der Waals surface area contributed by atoms with Gasteiger partial charge in [0.2, 0.25) is 0 Å². The van der Waals surface area contributed by atoms with Gasteiger partial charge in [0.25, 0.3) is 0 Å². The zero-order valence-electron chi connectivity index (χ0n) is 22.3. The van der Waals surface area contributed by atoms with E-state index < -0.39 is 5.41 Å². The fourth-order valence-electron chi connectivity index (χ4n) is 6.78. The molecule has 1 spiro atoms. The Hall–Kier alpha value is -4.70. The Bertz CT molecular complexity index is 1660. The van der Waals surface area contributed by atoms with Crippen molar-refractivity contribution in [2.45, 2.75) is 33.1 Å². The van der Waals surface area contributed by atoms with Gasteiger partial charge in [0.15, 0.2) is 11.6 Å². The van der Waals surface area contributed by atoms with Gasteiger partial charge in [-0.05, 0) is 95.5 Å². The third-order valence-electron chi connectivity index (χ3n) is 8.09. The summed E-state index contributed by atoms with van der Waals surface area (Å²) in [5, 5.41) is 20.9. The molecule has 0 aromatic heterocycles. The maximum atomic E-state index is 12.6. The Kier molecular flexibility index (Phi) is 5.47. The van der Waals surface area contributed by atoms with Gasteiger partial charge < -0.3 is 10.2 Å². The van der Waals surface area contributed by atoms with Gasteiger partial charge in [-0.1, -0.05) is 72.8 Å². The number of ketones is 2. The fourth-order valence-corrected chi connectivity index (χ4v) is 6.78. The molecule has 2 aliphatic carbocycles. The summed E-state index contributed by atoms with van der Waals surface area (Å²) in [7, 11) is 0. The van der Waals surface area contributed by atoms with Gasteiger partial charge in [0, 0.05) is 0 Å². The van der Waals surface area contributed by atoms with Crippen molar-refractivity contribution in [2.75, 3.05) is 0 Å². The molecule has 0 unspecified atom stereocenters. The molecule has 2 aliphatic rings. The number of rotatable bonds is 4. The third-order valence-corrected chi connectivity index (χ3v) is 8.09. The Balaban J connectivity index is 1.78. The topological polar surface area (TPSA) is 74.6 Å². The van der Waals surface area contributed by atoms with Crippen molar-refractivity contribution in [2.24, 2.45) is 0 Å². The predicted molar refractivity (Wildman–Crippen MR) is 155 cm³/mol. The van der Waals surface area contributed by atoms with Crippen molar-refractivity contribution in [1.82, 2.24) is 0 Å². The monoisotopic (exact) mass is 512 g/mol. The number of hydrogen-bond donors (Lipinski definition) is 2. The molecule has 0 atom stereocenters. The lowest BCUT2D eigenvalue weighted by molar-refractivity contribution is -0.112. The van der Waals surface area contributed by atoms with E-state index in [4.69, 9.17) is 0 Å². The first-order valence-corrected chi connectivity index (χ1v) is 13.0. The number of allylic oxidation sites excluding steroid dienone is 4. The molecular weight excluding hydrogens is 484 g/mol. The van der Waals surface area contributed by atoms with E-state index >= 15 is 0 Å². The summed E-state index contributed by atoms with van der Waals surface area (Å²) in [5.74, 6) is -0.445. The van der Waals surface area contributed by atoms with Crippen LogP contribution in [0.3, 0.4) is 0 Å². The largest absolute Gasteiger partial charge is 0.512 e. The molecule has 0 saturated heterocycles. The number of Topliss-reactive ketones (excluding diaryl/α,β-unsaturated/α-hetero) is 2. The van der Waals surface area contributed by atoms with Crippen LogP contribution in [0.15, 0.2) is 96.4 Å². The number of benzene rings is 4. The summed E-state index contributed by atoms with van der Waals surface area (Å²) in [5.41, 5.74) is 9.76. The van der Waals surface area contributed by atoms with Crippen molar-refractivity contribution < 1.29 is 19.8 Å². The molecule has 0 saturated carbocycles. The average Bonchev–Trinajstić information content (AvgIpc) is 3.35. The minimum atomic E-state index is -0.708. The Morgan fingerprint density at radius 2 is 0.872 bits per heavy atom. The van der Waals surface area contributed by atoms with E-state index in [1.54, 1.807) is 0 Å². The van der Waals surface area contributed by atoms with Crippen LogP contribution in [0.5, 0.6) is 0 Å². The van der Waals surface area contributed by atoms with Crippen LogP contribution in [0.1, 0.15) is 61.1 Å². The van der Waals surface area contributed by atoms with Crippen LogP contribution in [0.2, 0.25) is 0 Å². The first-order chi connectivity index (χ1) is 18.7. The second-order valence-electron chi connectivity index (χ2n) is 10.4. The molecule has 2 N–H and O–H groups in total. The molecular formula is C35H28O4. The number of hydrogen-bond acceptors (Lipinski definition) is 4. The number of carbonyl (C=O) groups is 2. The van der Waals surface area contributed by atoms with Crippen molar-refractivity contribution in [3.8, 4) is 22.3 Å². The Morgan fingerprint density at radius 1 is 0.513 bits per heavy atom. The Labute approximate surface area is 227 Å². The van der Waals surface area contributed by atoms with Crippen molar-refractivity contribution in [3.05, 3.63) is 130 Å². The highest BCUT2D eigenvalue weighted by Gasteiger charge is 2.51. The van der Waals surface area contributed by atoms with Gasteiger partial charge in [-0.3, -0.25) is 9.59 Å². The summed E-state index contributed by atoms with van der Waals surface area (Å²) in [6.07, 6.45) is 0. The van der Waals surface area contributed by atoms with E-state index in [2.05, 4.69) is 24.3 Å². The number of aliphatic hydroxyl groups excluding tert-OH is 2. The summed E-state index contributed by atoms with van der Waals surface area (Å²) in [6, 6.07) is 28.6. The minimum absolute atomic E-state index is 0.0174. The van der Waals surface area contributed by atoms with Crippen LogP contribution < -0.4 is 0 Å². The lowest BCUT2D eigenvalue weighted by Gasteiger charge is -2.31. The molecule has 0 fully saturated rings.